The van der Waals surface area contributed by atoms with Crippen molar-refractivity contribution in [3.8, 4) is 0 Å². The van der Waals surface area contributed by atoms with E-state index in [0.717, 1.165) is 30.2 Å². The SMILES string of the molecule is CCN(CC)C(C)(CC)C(O)Cc1csc(C)n1. The molecular weight excluding hydrogens is 244 g/mol. The quantitative estimate of drug-likeness (QED) is 0.827. The number of aliphatic hydroxyl groups excluding tert-OH is 1. The number of aryl methyl sites for hydroxylation is 1. The summed E-state index contributed by atoms with van der Waals surface area (Å²) in [5.41, 5.74) is 0.845. The van der Waals surface area contributed by atoms with Crippen LogP contribution in [0, 0.1) is 6.92 Å². The minimum Gasteiger partial charge on any atom is -0.391 e. The van der Waals surface area contributed by atoms with Gasteiger partial charge in [0.15, 0.2) is 0 Å². The zero-order valence-corrected chi connectivity index (χ0v) is 13.0. The largest absolute Gasteiger partial charge is 0.391 e. The van der Waals surface area contributed by atoms with Crippen LogP contribution in [0.4, 0.5) is 0 Å². The van der Waals surface area contributed by atoms with E-state index < -0.39 is 0 Å². The molecule has 2 unspecified atom stereocenters. The molecule has 0 aliphatic rings. The van der Waals surface area contributed by atoms with Gasteiger partial charge in [-0.2, -0.15) is 0 Å². The molecule has 0 radical (unpaired) electrons. The highest BCUT2D eigenvalue weighted by Gasteiger charge is 2.36. The molecule has 0 saturated carbocycles. The molecule has 1 rings (SSSR count). The fraction of sp³-hybridized carbons (Fsp3) is 0.786. The van der Waals surface area contributed by atoms with Crippen molar-refractivity contribution >= 4 is 11.3 Å². The first-order valence-corrected chi connectivity index (χ1v) is 7.69. The van der Waals surface area contributed by atoms with Crippen molar-refractivity contribution in [1.82, 2.24) is 9.88 Å². The average molecular weight is 270 g/mol. The van der Waals surface area contributed by atoms with Crippen molar-refractivity contribution < 1.29 is 5.11 Å². The summed E-state index contributed by atoms with van der Waals surface area (Å²) in [5, 5.41) is 13.7. The van der Waals surface area contributed by atoms with E-state index in [0.29, 0.717) is 6.42 Å². The molecule has 18 heavy (non-hydrogen) atoms. The standard InChI is InChI=1S/C14H26N2OS/c1-6-14(5,16(7-2)8-3)13(17)9-12-10-18-11(4)15-12/h10,13,17H,6-9H2,1-5H3. The first-order valence-electron chi connectivity index (χ1n) is 6.82. The number of aromatic nitrogens is 1. The van der Waals surface area contributed by atoms with Crippen LogP contribution in [-0.4, -0.2) is 39.7 Å². The normalized spacial score (nSPS) is 16.8. The van der Waals surface area contributed by atoms with E-state index in [1.165, 1.54) is 0 Å². The monoisotopic (exact) mass is 270 g/mol. The summed E-state index contributed by atoms with van der Waals surface area (Å²) in [6.07, 6.45) is 1.22. The van der Waals surface area contributed by atoms with Crippen LogP contribution >= 0.6 is 11.3 Å². The summed E-state index contributed by atoms with van der Waals surface area (Å²) in [4.78, 5) is 6.79. The second-order valence-electron chi connectivity index (χ2n) is 4.96. The Morgan fingerprint density at radius 2 is 2.00 bits per heavy atom. The van der Waals surface area contributed by atoms with Crippen molar-refractivity contribution in [3.63, 3.8) is 0 Å². The maximum Gasteiger partial charge on any atom is 0.0897 e. The maximum absolute atomic E-state index is 10.6. The zero-order chi connectivity index (χ0) is 13.8. The van der Waals surface area contributed by atoms with Crippen LogP contribution in [0.5, 0.6) is 0 Å². The first-order chi connectivity index (χ1) is 8.47. The highest BCUT2D eigenvalue weighted by molar-refractivity contribution is 7.09. The first kappa shape index (κ1) is 15.6. The van der Waals surface area contributed by atoms with Gasteiger partial charge in [0.05, 0.1) is 16.8 Å². The predicted molar refractivity (Wildman–Crippen MR) is 78.2 cm³/mol. The van der Waals surface area contributed by atoms with E-state index in [9.17, 15) is 5.11 Å². The Kier molecular flexibility index (Phi) is 5.76. The lowest BCUT2D eigenvalue weighted by Gasteiger charge is -2.43. The van der Waals surface area contributed by atoms with Gasteiger partial charge in [0, 0.05) is 17.3 Å². The van der Waals surface area contributed by atoms with E-state index in [4.69, 9.17) is 0 Å². The molecule has 104 valence electrons. The molecule has 1 aromatic rings. The fourth-order valence-electron chi connectivity index (χ4n) is 2.54. The van der Waals surface area contributed by atoms with Crippen molar-refractivity contribution in [2.24, 2.45) is 0 Å². The number of likely N-dealkylation sites (N-methyl/N-ethyl adjacent to an activating group) is 1. The van der Waals surface area contributed by atoms with Crippen molar-refractivity contribution in [2.45, 2.75) is 59.1 Å². The molecule has 0 bridgehead atoms. The Morgan fingerprint density at radius 3 is 2.39 bits per heavy atom. The maximum atomic E-state index is 10.6. The van der Waals surface area contributed by atoms with Crippen molar-refractivity contribution in [3.05, 3.63) is 16.1 Å². The Labute approximate surface area is 115 Å². The molecule has 0 fully saturated rings. The summed E-state index contributed by atoms with van der Waals surface area (Å²) in [6.45, 7) is 12.5. The highest BCUT2D eigenvalue weighted by Crippen LogP contribution is 2.26. The summed E-state index contributed by atoms with van der Waals surface area (Å²) in [6, 6.07) is 0. The molecule has 2 atom stereocenters. The molecule has 3 nitrogen and oxygen atoms in total. The van der Waals surface area contributed by atoms with Crippen molar-refractivity contribution in [1.29, 1.82) is 0 Å². The van der Waals surface area contributed by atoms with Gasteiger partial charge < -0.3 is 5.11 Å². The third-order valence-electron chi connectivity index (χ3n) is 3.99. The summed E-state index contributed by atoms with van der Waals surface area (Å²) >= 11 is 1.65. The van der Waals surface area contributed by atoms with Gasteiger partial charge >= 0.3 is 0 Å². The third-order valence-corrected chi connectivity index (χ3v) is 4.81. The second-order valence-corrected chi connectivity index (χ2v) is 6.02. The van der Waals surface area contributed by atoms with Gasteiger partial charge in [-0.15, -0.1) is 11.3 Å². The molecule has 4 heteroatoms. The predicted octanol–water partition coefficient (Wildman–Crippen LogP) is 2.87. The third kappa shape index (κ3) is 3.31. The zero-order valence-electron chi connectivity index (χ0n) is 12.2. The van der Waals surface area contributed by atoms with E-state index >= 15 is 0 Å². The van der Waals surface area contributed by atoms with Gasteiger partial charge in [0.1, 0.15) is 0 Å². The summed E-state index contributed by atoms with van der Waals surface area (Å²) in [7, 11) is 0. The second kappa shape index (κ2) is 6.64. The fourth-order valence-corrected chi connectivity index (χ4v) is 3.16. The number of rotatable bonds is 7. The lowest BCUT2D eigenvalue weighted by molar-refractivity contribution is -0.0194. The number of aliphatic hydroxyl groups is 1. The Balaban J connectivity index is 2.80. The van der Waals surface area contributed by atoms with Gasteiger partial charge in [-0.25, -0.2) is 4.98 Å². The van der Waals surface area contributed by atoms with Crippen LogP contribution in [0.1, 0.15) is 44.8 Å². The minimum atomic E-state index is -0.371. The van der Waals surface area contributed by atoms with Gasteiger partial charge in [-0.3, -0.25) is 4.90 Å². The van der Waals surface area contributed by atoms with Crippen LogP contribution in [0.2, 0.25) is 0 Å². The summed E-state index contributed by atoms with van der Waals surface area (Å²) < 4.78 is 0. The Morgan fingerprint density at radius 1 is 1.39 bits per heavy atom. The topological polar surface area (TPSA) is 36.4 Å². The van der Waals surface area contributed by atoms with Crippen LogP contribution in [0.3, 0.4) is 0 Å². The number of hydrogen-bond donors (Lipinski definition) is 1. The van der Waals surface area contributed by atoms with Gasteiger partial charge in [0.25, 0.3) is 0 Å². The van der Waals surface area contributed by atoms with Crippen LogP contribution in [0.15, 0.2) is 5.38 Å². The highest BCUT2D eigenvalue weighted by atomic mass is 32.1. The van der Waals surface area contributed by atoms with Gasteiger partial charge in [0.2, 0.25) is 0 Å². The molecule has 0 aliphatic carbocycles. The molecule has 0 spiro atoms. The molecular formula is C14H26N2OS. The Bertz CT molecular complexity index is 362. The Hall–Kier alpha value is -0.450. The van der Waals surface area contributed by atoms with E-state index in [1.54, 1.807) is 11.3 Å². The lowest BCUT2D eigenvalue weighted by atomic mass is 9.87. The van der Waals surface area contributed by atoms with Gasteiger partial charge in [-0.1, -0.05) is 20.8 Å². The van der Waals surface area contributed by atoms with E-state index in [1.807, 2.05) is 6.92 Å². The van der Waals surface area contributed by atoms with Crippen LogP contribution < -0.4 is 0 Å². The molecule has 0 aliphatic heterocycles. The summed E-state index contributed by atoms with van der Waals surface area (Å²) in [5.74, 6) is 0. The number of hydrogen-bond acceptors (Lipinski definition) is 4. The number of thiazole rings is 1. The van der Waals surface area contributed by atoms with Crippen LogP contribution in [0.25, 0.3) is 0 Å². The molecule has 1 N–H and O–H groups in total. The molecule has 0 saturated heterocycles. The number of nitrogens with zero attached hydrogens (tertiary/aromatic N) is 2. The lowest BCUT2D eigenvalue weighted by Crippen LogP contribution is -2.54. The molecule has 1 aromatic heterocycles. The van der Waals surface area contributed by atoms with E-state index in [-0.39, 0.29) is 11.6 Å². The molecule has 1 heterocycles. The molecule has 0 aromatic carbocycles. The smallest absolute Gasteiger partial charge is 0.0897 e. The minimum absolute atomic E-state index is 0.166. The van der Waals surface area contributed by atoms with Crippen molar-refractivity contribution in [2.75, 3.05) is 13.1 Å². The van der Waals surface area contributed by atoms with Crippen LogP contribution in [-0.2, 0) is 6.42 Å². The van der Waals surface area contributed by atoms with E-state index in [2.05, 4.69) is 43.0 Å². The van der Waals surface area contributed by atoms with Gasteiger partial charge in [-0.05, 0) is 33.4 Å². The average Bonchev–Trinajstić information content (AvgIpc) is 2.75. The molecule has 0 amide bonds.